The maximum atomic E-state index is 12.7. The van der Waals surface area contributed by atoms with Crippen LogP contribution >= 0.6 is 15.9 Å². The van der Waals surface area contributed by atoms with E-state index in [-0.39, 0.29) is 17.8 Å². The molecule has 0 radical (unpaired) electrons. The predicted octanol–water partition coefficient (Wildman–Crippen LogP) is 2.75. The number of halogens is 1. The molecular weight excluding hydrogens is 334 g/mol. The van der Waals surface area contributed by atoms with E-state index < -0.39 is 5.41 Å². The van der Waals surface area contributed by atoms with Gasteiger partial charge in [0.15, 0.2) is 0 Å². The van der Waals surface area contributed by atoms with Gasteiger partial charge in [-0.1, -0.05) is 35.0 Å². The molecule has 0 aliphatic heterocycles. The van der Waals surface area contributed by atoms with Gasteiger partial charge in [0.2, 0.25) is 5.91 Å². The maximum Gasteiger partial charge on any atom is 0.310 e. The summed E-state index contributed by atoms with van der Waals surface area (Å²) in [6, 6.07) is 7.90. The lowest BCUT2D eigenvalue weighted by Gasteiger charge is -2.25. The summed E-state index contributed by atoms with van der Waals surface area (Å²) >= 11 is 3.41. The molecule has 21 heavy (non-hydrogen) atoms. The molecule has 1 atom stereocenters. The second-order valence-corrected chi connectivity index (χ2v) is 6.61. The average molecular weight is 354 g/mol. The number of carbonyl (C=O) groups excluding carboxylic acids is 2. The molecular formula is C16H20BrNO3. The van der Waals surface area contributed by atoms with Gasteiger partial charge in [-0.2, -0.15) is 0 Å². The van der Waals surface area contributed by atoms with Crippen LogP contribution in [0.3, 0.4) is 0 Å². The highest BCUT2D eigenvalue weighted by Gasteiger charge is 2.52. The monoisotopic (exact) mass is 353 g/mol. The van der Waals surface area contributed by atoms with Crippen LogP contribution in [0.25, 0.3) is 0 Å². The van der Waals surface area contributed by atoms with Gasteiger partial charge in [-0.25, -0.2) is 0 Å². The van der Waals surface area contributed by atoms with Gasteiger partial charge in [-0.15, -0.1) is 0 Å². The number of hydrogen-bond acceptors (Lipinski definition) is 3. The number of likely N-dealkylation sites (N-methyl/N-ethyl adjacent to an activating group) is 1. The largest absolute Gasteiger partial charge is 0.469 e. The highest BCUT2D eigenvalue weighted by molar-refractivity contribution is 9.10. The van der Waals surface area contributed by atoms with Crippen molar-refractivity contribution >= 4 is 27.8 Å². The number of carbonyl (C=O) groups is 2. The summed E-state index contributed by atoms with van der Waals surface area (Å²) in [5.74, 6) is -0.520. The van der Waals surface area contributed by atoms with E-state index in [1.165, 1.54) is 7.11 Å². The van der Waals surface area contributed by atoms with Crippen LogP contribution in [0.15, 0.2) is 28.7 Å². The van der Waals surface area contributed by atoms with Crippen LogP contribution in [0.4, 0.5) is 0 Å². The van der Waals surface area contributed by atoms with Crippen molar-refractivity contribution in [2.45, 2.75) is 25.2 Å². The van der Waals surface area contributed by atoms with Crippen molar-refractivity contribution in [2.24, 2.45) is 5.92 Å². The first-order valence-corrected chi connectivity index (χ1v) is 7.79. The van der Waals surface area contributed by atoms with Gasteiger partial charge in [0, 0.05) is 18.1 Å². The number of ether oxygens (including phenoxy) is 1. The molecule has 0 spiro atoms. The molecule has 1 fully saturated rings. The van der Waals surface area contributed by atoms with E-state index in [0.717, 1.165) is 22.9 Å². The minimum absolute atomic E-state index is 0.0839. The first-order valence-electron chi connectivity index (χ1n) is 7.00. The van der Waals surface area contributed by atoms with Gasteiger partial charge in [-0.05, 0) is 30.5 Å². The summed E-state index contributed by atoms with van der Waals surface area (Å²) < 4.78 is 5.71. The van der Waals surface area contributed by atoms with E-state index in [2.05, 4.69) is 15.9 Å². The van der Waals surface area contributed by atoms with Crippen molar-refractivity contribution in [2.75, 3.05) is 20.7 Å². The van der Waals surface area contributed by atoms with Crippen molar-refractivity contribution < 1.29 is 14.3 Å². The summed E-state index contributed by atoms with van der Waals surface area (Å²) in [6.07, 6.45) is 1.73. The molecule has 1 amide bonds. The van der Waals surface area contributed by atoms with Crippen LogP contribution in [-0.4, -0.2) is 37.5 Å². The Balaban J connectivity index is 2.08. The van der Waals surface area contributed by atoms with Crippen LogP contribution in [-0.2, 0) is 19.7 Å². The van der Waals surface area contributed by atoms with E-state index in [0.29, 0.717) is 6.54 Å². The second kappa shape index (κ2) is 6.18. The van der Waals surface area contributed by atoms with Gasteiger partial charge in [0.1, 0.15) is 0 Å². The molecule has 1 unspecified atom stereocenters. The zero-order valence-electron chi connectivity index (χ0n) is 12.6. The zero-order chi connectivity index (χ0) is 15.6. The Morgan fingerprint density at radius 2 is 1.90 bits per heavy atom. The third-order valence-electron chi connectivity index (χ3n) is 4.05. The molecule has 0 bridgehead atoms. The normalized spacial score (nSPS) is 17.0. The molecule has 1 aromatic rings. The SMILES string of the molecule is COC(=O)C(C)CN(C)C(=O)C1(c2ccc(Br)cc2)CC1. The number of amides is 1. The highest BCUT2D eigenvalue weighted by Crippen LogP contribution is 2.49. The molecule has 0 saturated heterocycles. The molecule has 114 valence electrons. The third-order valence-corrected chi connectivity index (χ3v) is 4.58. The standard InChI is InChI=1S/C16H20BrNO3/c1-11(14(19)21-3)10-18(2)15(20)16(8-9-16)12-4-6-13(17)7-5-12/h4-7,11H,8-10H2,1-3H3. The fraction of sp³-hybridized carbons (Fsp3) is 0.500. The molecule has 5 heteroatoms. The number of methoxy groups -OCH3 is 1. The Labute approximate surface area is 133 Å². The van der Waals surface area contributed by atoms with Gasteiger partial charge in [-0.3, -0.25) is 9.59 Å². The molecule has 1 aromatic carbocycles. The van der Waals surface area contributed by atoms with Crippen molar-refractivity contribution in [1.82, 2.24) is 4.90 Å². The Bertz CT molecular complexity index is 537. The Hall–Kier alpha value is -1.36. The van der Waals surface area contributed by atoms with Gasteiger partial charge < -0.3 is 9.64 Å². The molecule has 1 aliphatic carbocycles. The van der Waals surface area contributed by atoms with Crippen LogP contribution in [0.5, 0.6) is 0 Å². The first-order chi connectivity index (χ1) is 9.90. The van der Waals surface area contributed by atoms with Gasteiger partial charge >= 0.3 is 5.97 Å². The molecule has 4 nitrogen and oxygen atoms in total. The Kier molecular flexibility index (Phi) is 4.71. The van der Waals surface area contributed by atoms with Crippen LogP contribution in [0, 0.1) is 5.92 Å². The number of hydrogen-bond donors (Lipinski definition) is 0. The lowest BCUT2D eigenvalue weighted by molar-refractivity contribution is -0.146. The van der Waals surface area contributed by atoms with Gasteiger partial charge in [0.25, 0.3) is 0 Å². The predicted molar refractivity (Wildman–Crippen MR) is 83.9 cm³/mol. The second-order valence-electron chi connectivity index (χ2n) is 5.70. The van der Waals surface area contributed by atoms with Crippen molar-refractivity contribution in [3.63, 3.8) is 0 Å². The smallest absolute Gasteiger partial charge is 0.310 e. The topological polar surface area (TPSA) is 46.6 Å². The van der Waals surface area contributed by atoms with Crippen LogP contribution in [0.2, 0.25) is 0 Å². The quantitative estimate of drug-likeness (QED) is 0.764. The van der Waals surface area contributed by atoms with E-state index in [1.807, 2.05) is 24.3 Å². The van der Waals surface area contributed by atoms with Crippen LogP contribution in [0.1, 0.15) is 25.3 Å². The van der Waals surface area contributed by atoms with E-state index in [1.54, 1.807) is 18.9 Å². The summed E-state index contributed by atoms with van der Waals surface area (Å²) in [6.45, 7) is 2.15. The van der Waals surface area contributed by atoms with Gasteiger partial charge in [0.05, 0.1) is 18.4 Å². The number of esters is 1. The lowest BCUT2D eigenvalue weighted by atomic mass is 9.94. The molecule has 0 heterocycles. The maximum absolute atomic E-state index is 12.7. The first kappa shape index (κ1) is 16.0. The average Bonchev–Trinajstić information content (AvgIpc) is 3.27. The van der Waals surface area contributed by atoms with E-state index in [9.17, 15) is 9.59 Å². The van der Waals surface area contributed by atoms with Crippen molar-refractivity contribution in [1.29, 1.82) is 0 Å². The Morgan fingerprint density at radius 1 is 1.33 bits per heavy atom. The molecule has 1 aliphatic rings. The fourth-order valence-corrected chi connectivity index (χ4v) is 2.92. The van der Waals surface area contributed by atoms with E-state index >= 15 is 0 Å². The number of nitrogens with zero attached hydrogens (tertiary/aromatic N) is 1. The molecule has 1 saturated carbocycles. The highest BCUT2D eigenvalue weighted by atomic mass is 79.9. The number of benzene rings is 1. The van der Waals surface area contributed by atoms with E-state index in [4.69, 9.17) is 4.74 Å². The summed E-state index contributed by atoms with van der Waals surface area (Å²) in [5.41, 5.74) is 0.652. The summed E-state index contributed by atoms with van der Waals surface area (Å²) in [5, 5.41) is 0. The number of rotatable bonds is 5. The lowest BCUT2D eigenvalue weighted by Crippen LogP contribution is -2.40. The van der Waals surface area contributed by atoms with Crippen molar-refractivity contribution in [3.05, 3.63) is 34.3 Å². The van der Waals surface area contributed by atoms with Crippen molar-refractivity contribution in [3.8, 4) is 0 Å². The van der Waals surface area contributed by atoms with Crippen LogP contribution < -0.4 is 0 Å². The zero-order valence-corrected chi connectivity index (χ0v) is 14.1. The minimum Gasteiger partial charge on any atom is -0.469 e. The Morgan fingerprint density at radius 3 is 2.38 bits per heavy atom. The molecule has 0 aromatic heterocycles. The fourth-order valence-electron chi connectivity index (χ4n) is 2.65. The summed E-state index contributed by atoms with van der Waals surface area (Å²) in [4.78, 5) is 25.8. The minimum atomic E-state index is -0.398. The molecule has 2 rings (SSSR count). The molecule has 0 N–H and O–H groups in total. The third kappa shape index (κ3) is 3.28. The summed E-state index contributed by atoms with van der Waals surface area (Å²) in [7, 11) is 3.12.